The Labute approximate surface area is 85.0 Å². The van der Waals surface area contributed by atoms with Gasteiger partial charge in [0.1, 0.15) is 0 Å². The van der Waals surface area contributed by atoms with Gasteiger partial charge in [0.25, 0.3) is 0 Å². The lowest BCUT2D eigenvalue weighted by Crippen LogP contribution is -2.40. The van der Waals surface area contributed by atoms with Gasteiger partial charge in [-0.2, -0.15) is 0 Å². The summed E-state index contributed by atoms with van der Waals surface area (Å²) in [5, 5.41) is 2.54. The average molecular weight is 201 g/mol. The van der Waals surface area contributed by atoms with Crippen LogP contribution in [-0.4, -0.2) is 25.5 Å². The Kier molecular flexibility index (Phi) is 4.60. The van der Waals surface area contributed by atoms with E-state index in [1.807, 2.05) is 13.8 Å². The van der Waals surface area contributed by atoms with Gasteiger partial charge >= 0.3 is 11.9 Å². The van der Waals surface area contributed by atoms with E-state index < -0.39 is 11.9 Å². The van der Waals surface area contributed by atoms with Crippen LogP contribution < -0.4 is 5.32 Å². The summed E-state index contributed by atoms with van der Waals surface area (Å²) in [6.07, 6.45) is 0. The maximum Gasteiger partial charge on any atom is 0.396 e. The lowest BCUT2D eigenvalue weighted by molar-refractivity contribution is -0.152. The molecular formula is C10H19NO3. The zero-order valence-electron chi connectivity index (χ0n) is 9.51. The van der Waals surface area contributed by atoms with Crippen LogP contribution in [0.4, 0.5) is 0 Å². The number of carbonyl (C=O) groups excluding carboxylic acids is 2. The van der Waals surface area contributed by atoms with Crippen LogP contribution in [0.15, 0.2) is 0 Å². The predicted octanol–water partition coefficient (Wildman–Crippen LogP) is 0.958. The first kappa shape index (κ1) is 12.9. The summed E-state index contributed by atoms with van der Waals surface area (Å²) >= 11 is 0. The number of ether oxygens (including phenoxy) is 1. The molecule has 0 bridgehead atoms. The monoisotopic (exact) mass is 201 g/mol. The van der Waals surface area contributed by atoms with Gasteiger partial charge in [-0.15, -0.1) is 0 Å². The number of hydrogen-bond donors (Lipinski definition) is 1. The van der Waals surface area contributed by atoms with E-state index in [0.29, 0.717) is 12.5 Å². The second-order valence-electron chi connectivity index (χ2n) is 4.32. The average Bonchev–Trinajstić information content (AvgIpc) is 2.12. The van der Waals surface area contributed by atoms with Crippen molar-refractivity contribution in [3.63, 3.8) is 0 Å². The van der Waals surface area contributed by atoms with Gasteiger partial charge in [-0.1, -0.05) is 27.7 Å². The molecule has 0 atom stereocenters. The Morgan fingerprint density at radius 1 is 1.36 bits per heavy atom. The Hall–Kier alpha value is -1.06. The molecule has 0 aromatic heterocycles. The first-order valence-electron chi connectivity index (χ1n) is 4.67. The van der Waals surface area contributed by atoms with E-state index in [-0.39, 0.29) is 5.41 Å². The van der Waals surface area contributed by atoms with Gasteiger partial charge in [0.2, 0.25) is 0 Å². The molecule has 1 N–H and O–H groups in total. The third-order valence-corrected chi connectivity index (χ3v) is 2.64. The Balaban J connectivity index is 4.06. The SMILES string of the molecule is COC(=O)C(=O)NCC(C)(C)C(C)C. The maximum absolute atomic E-state index is 11.1. The van der Waals surface area contributed by atoms with Gasteiger partial charge in [-0.25, -0.2) is 4.79 Å². The van der Waals surface area contributed by atoms with Crippen LogP contribution in [0.2, 0.25) is 0 Å². The Bertz CT molecular complexity index is 221. The normalized spacial score (nSPS) is 11.3. The molecule has 0 unspecified atom stereocenters. The van der Waals surface area contributed by atoms with E-state index in [4.69, 9.17) is 0 Å². The molecule has 1 amide bonds. The van der Waals surface area contributed by atoms with Gasteiger partial charge in [0.15, 0.2) is 0 Å². The van der Waals surface area contributed by atoms with Gasteiger partial charge in [-0.05, 0) is 11.3 Å². The van der Waals surface area contributed by atoms with Crippen molar-refractivity contribution >= 4 is 11.9 Å². The van der Waals surface area contributed by atoms with E-state index in [1.165, 1.54) is 7.11 Å². The molecule has 14 heavy (non-hydrogen) atoms. The highest BCUT2D eigenvalue weighted by atomic mass is 16.5. The smallest absolute Gasteiger partial charge is 0.396 e. The van der Waals surface area contributed by atoms with Crippen molar-refractivity contribution in [2.45, 2.75) is 27.7 Å². The summed E-state index contributed by atoms with van der Waals surface area (Å²) < 4.78 is 4.29. The largest absolute Gasteiger partial charge is 0.462 e. The van der Waals surface area contributed by atoms with Crippen molar-refractivity contribution in [2.75, 3.05) is 13.7 Å². The lowest BCUT2D eigenvalue weighted by atomic mass is 9.81. The third-order valence-electron chi connectivity index (χ3n) is 2.64. The minimum absolute atomic E-state index is 0.0241. The van der Waals surface area contributed by atoms with E-state index >= 15 is 0 Å². The quantitative estimate of drug-likeness (QED) is 0.546. The van der Waals surface area contributed by atoms with E-state index in [9.17, 15) is 9.59 Å². The second kappa shape index (κ2) is 4.98. The third kappa shape index (κ3) is 3.77. The zero-order valence-corrected chi connectivity index (χ0v) is 9.51. The molecule has 4 nitrogen and oxygen atoms in total. The van der Waals surface area contributed by atoms with Gasteiger partial charge in [-0.3, -0.25) is 4.79 Å². The van der Waals surface area contributed by atoms with Crippen molar-refractivity contribution in [1.82, 2.24) is 5.32 Å². The molecule has 0 aromatic rings. The number of methoxy groups -OCH3 is 1. The molecule has 0 saturated heterocycles. The molecule has 0 aliphatic rings. The number of esters is 1. The predicted molar refractivity (Wildman–Crippen MR) is 53.6 cm³/mol. The van der Waals surface area contributed by atoms with E-state index in [1.54, 1.807) is 0 Å². The summed E-state index contributed by atoms with van der Waals surface area (Å²) in [5.41, 5.74) is -0.0241. The summed E-state index contributed by atoms with van der Waals surface area (Å²) in [5.74, 6) is -1.09. The highest BCUT2D eigenvalue weighted by Gasteiger charge is 2.24. The zero-order chi connectivity index (χ0) is 11.4. The van der Waals surface area contributed by atoms with Crippen molar-refractivity contribution in [3.05, 3.63) is 0 Å². The van der Waals surface area contributed by atoms with Crippen LogP contribution >= 0.6 is 0 Å². The summed E-state index contributed by atoms with van der Waals surface area (Å²) in [4.78, 5) is 21.8. The molecule has 0 saturated carbocycles. The molecular weight excluding hydrogens is 182 g/mol. The first-order valence-corrected chi connectivity index (χ1v) is 4.67. The summed E-state index contributed by atoms with van der Waals surface area (Å²) in [6, 6.07) is 0. The Morgan fingerprint density at radius 2 is 1.86 bits per heavy atom. The standard InChI is InChI=1S/C10H19NO3/c1-7(2)10(3,4)6-11-8(12)9(13)14-5/h7H,6H2,1-5H3,(H,11,12). The number of rotatable bonds is 3. The van der Waals surface area contributed by atoms with Crippen LogP contribution in [0.5, 0.6) is 0 Å². The fourth-order valence-electron chi connectivity index (χ4n) is 0.677. The van der Waals surface area contributed by atoms with Crippen LogP contribution in [0.3, 0.4) is 0 Å². The van der Waals surface area contributed by atoms with Crippen LogP contribution in [0.1, 0.15) is 27.7 Å². The molecule has 0 rings (SSSR count). The maximum atomic E-state index is 11.1. The first-order chi connectivity index (χ1) is 6.31. The number of hydrogen-bond acceptors (Lipinski definition) is 3. The van der Waals surface area contributed by atoms with Crippen molar-refractivity contribution in [2.24, 2.45) is 11.3 Å². The topological polar surface area (TPSA) is 55.4 Å². The van der Waals surface area contributed by atoms with Crippen LogP contribution in [0.25, 0.3) is 0 Å². The second-order valence-corrected chi connectivity index (χ2v) is 4.32. The molecule has 0 fully saturated rings. The van der Waals surface area contributed by atoms with E-state index in [2.05, 4.69) is 23.9 Å². The molecule has 0 radical (unpaired) electrons. The van der Waals surface area contributed by atoms with Crippen LogP contribution in [0, 0.1) is 11.3 Å². The highest BCUT2D eigenvalue weighted by Crippen LogP contribution is 2.24. The minimum Gasteiger partial charge on any atom is -0.462 e. The Morgan fingerprint density at radius 3 is 2.21 bits per heavy atom. The summed E-state index contributed by atoms with van der Waals surface area (Å²) in [7, 11) is 1.19. The van der Waals surface area contributed by atoms with Crippen LogP contribution in [-0.2, 0) is 14.3 Å². The molecule has 0 aliphatic carbocycles. The van der Waals surface area contributed by atoms with Gasteiger partial charge in [0.05, 0.1) is 7.11 Å². The van der Waals surface area contributed by atoms with E-state index in [0.717, 1.165) is 0 Å². The van der Waals surface area contributed by atoms with Gasteiger partial charge in [0, 0.05) is 6.54 Å². The number of amides is 1. The molecule has 82 valence electrons. The van der Waals surface area contributed by atoms with Gasteiger partial charge < -0.3 is 10.1 Å². The lowest BCUT2D eigenvalue weighted by Gasteiger charge is -2.29. The molecule has 0 spiro atoms. The minimum atomic E-state index is -0.843. The number of carbonyl (C=O) groups is 2. The number of nitrogens with one attached hydrogen (secondary N) is 1. The molecule has 0 aliphatic heterocycles. The van der Waals surface area contributed by atoms with Crippen molar-refractivity contribution in [3.8, 4) is 0 Å². The molecule has 0 heterocycles. The fourth-order valence-corrected chi connectivity index (χ4v) is 0.677. The fraction of sp³-hybridized carbons (Fsp3) is 0.800. The van der Waals surface area contributed by atoms with Crippen molar-refractivity contribution in [1.29, 1.82) is 0 Å². The molecule has 4 heteroatoms. The summed E-state index contributed by atoms with van der Waals surface area (Å²) in [6.45, 7) is 8.69. The molecule has 0 aromatic carbocycles. The van der Waals surface area contributed by atoms with Crippen molar-refractivity contribution < 1.29 is 14.3 Å². The highest BCUT2D eigenvalue weighted by molar-refractivity contribution is 6.32.